The van der Waals surface area contributed by atoms with Crippen molar-refractivity contribution in [3.05, 3.63) is 35.4 Å². The highest BCUT2D eigenvalue weighted by atomic mass is 19.3. The van der Waals surface area contributed by atoms with E-state index < -0.39 is 13.0 Å². The smallest absolute Gasteiger partial charge is 0.261 e. The molecule has 96 valence electrons. The maximum Gasteiger partial charge on any atom is 0.261 e. The Kier molecular flexibility index (Phi) is 6.08. The van der Waals surface area contributed by atoms with Crippen LogP contribution >= 0.6 is 0 Å². The van der Waals surface area contributed by atoms with E-state index in [0.717, 1.165) is 17.7 Å². The molecule has 0 aliphatic rings. The maximum atomic E-state index is 12.2. The molecule has 1 atom stereocenters. The predicted octanol–water partition coefficient (Wildman–Crippen LogP) is 2.93. The topological polar surface area (TPSA) is 21.3 Å². The average molecular weight is 243 g/mol. The first-order valence-electron chi connectivity index (χ1n) is 5.80. The Hall–Kier alpha value is -1.00. The first kappa shape index (κ1) is 14.1. The van der Waals surface area contributed by atoms with Gasteiger partial charge in [0.15, 0.2) is 0 Å². The summed E-state index contributed by atoms with van der Waals surface area (Å²) in [6.45, 7) is 4.76. The summed E-state index contributed by atoms with van der Waals surface area (Å²) >= 11 is 0. The molecule has 4 heteroatoms. The van der Waals surface area contributed by atoms with Crippen molar-refractivity contribution in [2.75, 3.05) is 19.7 Å². The third-order valence-electron chi connectivity index (χ3n) is 2.42. The van der Waals surface area contributed by atoms with Crippen molar-refractivity contribution in [1.29, 1.82) is 0 Å². The van der Waals surface area contributed by atoms with Crippen molar-refractivity contribution in [2.24, 2.45) is 0 Å². The Morgan fingerprint density at radius 3 is 2.71 bits per heavy atom. The Labute approximate surface area is 101 Å². The van der Waals surface area contributed by atoms with Gasteiger partial charge < -0.3 is 10.1 Å². The van der Waals surface area contributed by atoms with Gasteiger partial charge in [0.25, 0.3) is 6.43 Å². The van der Waals surface area contributed by atoms with Crippen LogP contribution in [0, 0.1) is 6.92 Å². The molecule has 0 aliphatic heterocycles. The molecular weight excluding hydrogens is 224 g/mol. The van der Waals surface area contributed by atoms with Crippen LogP contribution in [0.25, 0.3) is 0 Å². The predicted molar refractivity (Wildman–Crippen MR) is 64.4 cm³/mol. The average Bonchev–Trinajstić information content (AvgIpc) is 2.29. The molecule has 1 N–H and O–H groups in total. The van der Waals surface area contributed by atoms with E-state index in [1.165, 1.54) is 0 Å². The molecule has 1 unspecified atom stereocenters. The third-order valence-corrected chi connectivity index (χ3v) is 2.42. The standard InChI is InChI=1S/C13H19F2NO/c1-3-16-8-12(17-9-13(14)15)11-6-4-5-10(2)7-11/h4-7,12-13,16H,3,8-9H2,1-2H3. The van der Waals surface area contributed by atoms with Gasteiger partial charge in [-0.05, 0) is 19.0 Å². The lowest BCUT2D eigenvalue weighted by atomic mass is 10.1. The highest BCUT2D eigenvalue weighted by Gasteiger charge is 2.14. The number of hydrogen-bond acceptors (Lipinski definition) is 2. The van der Waals surface area contributed by atoms with E-state index in [0.29, 0.717) is 6.54 Å². The zero-order valence-corrected chi connectivity index (χ0v) is 10.2. The largest absolute Gasteiger partial charge is 0.366 e. The molecule has 1 aromatic carbocycles. The Balaban J connectivity index is 2.67. The Bertz CT molecular complexity index is 331. The summed E-state index contributed by atoms with van der Waals surface area (Å²) in [7, 11) is 0. The molecule has 0 heterocycles. The van der Waals surface area contributed by atoms with Crippen LogP contribution in [0.3, 0.4) is 0 Å². The highest BCUT2D eigenvalue weighted by Crippen LogP contribution is 2.18. The molecule has 2 nitrogen and oxygen atoms in total. The number of alkyl halides is 2. The van der Waals surface area contributed by atoms with Crippen molar-refractivity contribution in [2.45, 2.75) is 26.4 Å². The maximum absolute atomic E-state index is 12.2. The molecule has 0 saturated heterocycles. The monoisotopic (exact) mass is 243 g/mol. The van der Waals surface area contributed by atoms with Crippen molar-refractivity contribution in [1.82, 2.24) is 5.32 Å². The van der Waals surface area contributed by atoms with Crippen molar-refractivity contribution < 1.29 is 13.5 Å². The first-order chi connectivity index (χ1) is 8.13. The van der Waals surface area contributed by atoms with E-state index in [1.807, 2.05) is 38.1 Å². The summed E-state index contributed by atoms with van der Waals surface area (Å²) in [4.78, 5) is 0. The lowest BCUT2D eigenvalue weighted by molar-refractivity contribution is -0.0244. The van der Waals surface area contributed by atoms with Crippen LogP contribution in [-0.4, -0.2) is 26.1 Å². The van der Waals surface area contributed by atoms with Gasteiger partial charge in [-0.25, -0.2) is 8.78 Å². The summed E-state index contributed by atoms with van der Waals surface area (Å²) in [6, 6.07) is 7.75. The SMILES string of the molecule is CCNCC(OCC(F)F)c1cccc(C)c1. The van der Waals surface area contributed by atoms with E-state index >= 15 is 0 Å². The number of likely N-dealkylation sites (N-methyl/N-ethyl adjacent to an activating group) is 1. The van der Waals surface area contributed by atoms with Crippen molar-refractivity contribution in [3.63, 3.8) is 0 Å². The molecule has 1 rings (SSSR count). The lowest BCUT2D eigenvalue weighted by Gasteiger charge is -2.19. The second-order valence-corrected chi connectivity index (χ2v) is 3.93. The number of halogens is 2. The minimum Gasteiger partial charge on any atom is -0.366 e. The number of hydrogen-bond donors (Lipinski definition) is 1. The fourth-order valence-electron chi connectivity index (χ4n) is 1.61. The van der Waals surface area contributed by atoms with Gasteiger partial charge in [0, 0.05) is 6.54 Å². The number of aryl methyl sites for hydroxylation is 1. The quantitative estimate of drug-likeness (QED) is 0.795. The van der Waals surface area contributed by atoms with Crippen LogP contribution in [0.15, 0.2) is 24.3 Å². The van der Waals surface area contributed by atoms with Gasteiger partial charge in [-0.15, -0.1) is 0 Å². The minimum absolute atomic E-state index is 0.316. The summed E-state index contributed by atoms with van der Waals surface area (Å²) < 4.78 is 29.6. The number of nitrogens with one attached hydrogen (secondary N) is 1. The molecule has 0 aromatic heterocycles. The zero-order chi connectivity index (χ0) is 12.7. The molecule has 0 bridgehead atoms. The molecular formula is C13H19F2NO. The highest BCUT2D eigenvalue weighted by molar-refractivity contribution is 5.24. The van der Waals surface area contributed by atoms with Crippen molar-refractivity contribution in [3.8, 4) is 0 Å². The Morgan fingerprint density at radius 2 is 2.12 bits per heavy atom. The van der Waals surface area contributed by atoms with E-state index in [9.17, 15) is 8.78 Å². The molecule has 0 radical (unpaired) electrons. The second-order valence-electron chi connectivity index (χ2n) is 3.93. The second kappa shape index (κ2) is 7.35. The molecule has 0 amide bonds. The first-order valence-corrected chi connectivity index (χ1v) is 5.80. The normalized spacial score (nSPS) is 13.0. The van der Waals surface area contributed by atoms with Gasteiger partial charge >= 0.3 is 0 Å². The zero-order valence-electron chi connectivity index (χ0n) is 10.2. The summed E-state index contributed by atoms with van der Waals surface area (Å²) in [5.41, 5.74) is 2.04. The fourth-order valence-corrected chi connectivity index (χ4v) is 1.61. The molecule has 0 aliphatic carbocycles. The lowest BCUT2D eigenvalue weighted by Crippen LogP contribution is -2.24. The molecule has 0 spiro atoms. The Morgan fingerprint density at radius 1 is 1.35 bits per heavy atom. The minimum atomic E-state index is -2.43. The van der Waals surface area contributed by atoms with Gasteiger partial charge in [0.2, 0.25) is 0 Å². The number of ether oxygens (including phenoxy) is 1. The number of rotatable bonds is 7. The van der Waals surface area contributed by atoms with Crippen LogP contribution in [0.1, 0.15) is 24.2 Å². The van der Waals surface area contributed by atoms with Gasteiger partial charge in [-0.2, -0.15) is 0 Å². The molecule has 0 fully saturated rings. The van der Waals surface area contributed by atoms with Crippen LogP contribution in [0.5, 0.6) is 0 Å². The van der Waals surface area contributed by atoms with E-state index in [-0.39, 0.29) is 6.10 Å². The summed E-state index contributed by atoms with van der Waals surface area (Å²) in [5, 5.41) is 3.12. The van der Waals surface area contributed by atoms with Crippen LogP contribution in [0.2, 0.25) is 0 Å². The summed E-state index contributed by atoms with van der Waals surface area (Å²) in [5.74, 6) is 0. The fraction of sp³-hybridized carbons (Fsp3) is 0.538. The number of benzene rings is 1. The van der Waals surface area contributed by atoms with E-state index in [4.69, 9.17) is 4.74 Å². The van der Waals surface area contributed by atoms with E-state index in [2.05, 4.69) is 5.32 Å². The van der Waals surface area contributed by atoms with Crippen LogP contribution < -0.4 is 5.32 Å². The van der Waals surface area contributed by atoms with Gasteiger partial charge in [0.05, 0.1) is 6.10 Å². The van der Waals surface area contributed by atoms with Crippen LogP contribution in [0.4, 0.5) is 8.78 Å². The molecule has 1 aromatic rings. The summed E-state index contributed by atoms with van der Waals surface area (Å²) in [6.07, 6.45) is -2.74. The van der Waals surface area contributed by atoms with Gasteiger partial charge in [-0.1, -0.05) is 36.8 Å². The molecule has 0 saturated carbocycles. The van der Waals surface area contributed by atoms with Gasteiger partial charge in [0.1, 0.15) is 6.61 Å². The third kappa shape index (κ3) is 5.24. The van der Waals surface area contributed by atoms with Gasteiger partial charge in [-0.3, -0.25) is 0 Å². The van der Waals surface area contributed by atoms with Crippen molar-refractivity contribution >= 4 is 0 Å². The molecule has 17 heavy (non-hydrogen) atoms. The van der Waals surface area contributed by atoms with Crippen LogP contribution in [-0.2, 0) is 4.74 Å². The van der Waals surface area contributed by atoms with E-state index in [1.54, 1.807) is 0 Å².